The molecule has 1 saturated carbocycles. The third kappa shape index (κ3) is 5.21. The maximum atomic E-state index is 2.81. The minimum absolute atomic E-state index is 0.181. The fourth-order valence-corrected chi connectivity index (χ4v) is 5.70. The molecule has 2 heteroatoms. The molecule has 0 aromatic carbocycles. The second-order valence-electron chi connectivity index (χ2n) is 11.8. The maximum absolute atomic E-state index is 2.81. The summed E-state index contributed by atoms with van der Waals surface area (Å²) < 4.78 is 0. The van der Waals surface area contributed by atoms with Gasteiger partial charge in [-0.3, -0.25) is 9.80 Å². The summed E-state index contributed by atoms with van der Waals surface area (Å²) in [6, 6.07) is 1.24. The lowest BCUT2D eigenvalue weighted by atomic mass is 9.79. The first-order valence-corrected chi connectivity index (χ1v) is 10.1. The van der Waals surface area contributed by atoms with Gasteiger partial charge in [0.2, 0.25) is 0 Å². The average Bonchev–Trinajstić information content (AvgIpc) is 2.23. The normalized spacial score (nSPS) is 24.8. The predicted octanol–water partition coefficient (Wildman–Crippen LogP) is 6.10. The van der Waals surface area contributed by atoms with Gasteiger partial charge >= 0.3 is 0 Å². The number of hydrogen-bond donors (Lipinski definition) is 0. The van der Waals surface area contributed by atoms with E-state index < -0.39 is 0 Å². The Labute approximate surface area is 153 Å². The van der Waals surface area contributed by atoms with Crippen LogP contribution in [0, 0.1) is 0 Å². The van der Waals surface area contributed by atoms with Gasteiger partial charge in [0.05, 0.1) is 0 Å². The van der Waals surface area contributed by atoms with Gasteiger partial charge < -0.3 is 0 Å². The average molecular weight is 339 g/mol. The zero-order chi connectivity index (χ0) is 19.1. The van der Waals surface area contributed by atoms with Gasteiger partial charge in [0.1, 0.15) is 0 Å². The fraction of sp³-hybridized carbons (Fsp3) is 1.00. The molecule has 0 aromatic rings. The highest BCUT2D eigenvalue weighted by Crippen LogP contribution is 2.40. The van der Waals surface area contributed by atoms with Gasteiger partial charge in [-0.05, 0) is 95.9 Å². The van der Waals surface area contributed by atoms with E-state index in [1.54, 1.807) is 0 Å². The third-order valence-electron chi connectivity index (χ3n) is 5.25. The maximum Gasteiger partial charge on any atom is 0.0262 e. The van der Waals surface area contributed by atoms with Gasteiger partial charge in [-0.25, -0.2) is 0 Å². The molecule has 0 radical (unpaired) electrons. The molecule has 1 rings (SSSR count). The Bertz CT molecular complexity index is 330. The van der Waals surface area contributed by atoms with Gasteiger partial charge in [0.15, 0.2) is 0 Å². The van der Waals surface area contributed by atoms with Gasteiger partial charge in [0, 0.05) is 34.2 Å². The fourth-order valence-electron chi connectivity index (χ4n) is 5.70. The van der Waals surface area contributed by atoms with Crippen LogP contribution in [0.3, 0.4) is 0 Å². The summed E-state index contributed by atoms with van der Waals surface area (Å²) in [6.07, 6.45) is 5.38. The van der Waals surface area contributed by atoms with Crippen LogP contribution in [0.1, 0.15) is 109 Å². The quantitative estimate of drug-likeness (QED) is 0.600. The Morgan fingerprint density at radius 1 is 0.458 bits per heavy atom. The molecule has 0 N–H and O–H groups in total. The molecule has 0 heterocycles. The highest BCUT2D eigenvalue weighted by atomic mass is 15.3. The summed E-state index contributed by atoms with van der Waals surface area (Å²) in [4.78, 5) is 5.63. The molecule has 24 heavy (non-hydrogen) atoms. The summed E-state index contributed by atoms with van der Waals surface area (Å²) in [5.74, 6) is 0. The van der Waals surface area contributed by atoms with Crippen molar-refractivity contribution in [2.45, 2.75) is 143 Å². The summed E-state index contributed by atoms with van der Waals surface area (Å²) in [7, 11) is 0. The van der Waals surface area contributed by atoms with E-state index in [9.17, 15) is 0 Å². The lowest BCUT2D eigenvalue weighted by molar-refractivity contribution is -0.101. The molecule has 0 amide bonds. The van der Waals surface area contributed by atoms with E-state index in [-0.39, 0.29) is 22.2 Å². The minimum Gasteiger partial charge on any atom is -0.289 e. The summed E-state index contributed by atoms with van der Waals surface area (Å²) in [5, 5.41) is 0. The number of nitrogens with zero attached hydrogens (tertiary/aromatic N) is 2. The van der Waals surface area contributed by atoms with Crippen LogP contribution in [0.2, 0.25) is 0 Å². The second-order valence-corrected chi connectivity index (χ2v) is 11.8. The van der Waals surface area contributed by atoms with E-state index in [0.717, 1.165) is 0 Å². The van der Waals surface area contributed by atoms with E-state index in [4.69, 9.17) is 0 Å². The van der Waals surface area contributed by atoms with Crippen LogP contribution < -0.4 is 0 Å². The van der Waals surface area contributed by atoms with Crippen LogP contribution in [0.15, 0.2) is 0 Å². The highest BCUT2D eigenvalue weighted by Gasteiger charge is 2.47. The molecule has 144 valence electrons. The largest absolute Gasteiger partial charge is 0.289 e. The monoisotopic (exact) mass is 338 g/mol. The van der Waals surface area contributed by atoms with Crippen LogP contribution in [0.5, 0.6) is 0 Å². The first-order valence-electron chi connectivity index (χ1n) is 10.1. The number of hydrogen-bond acceptors (Lipinski definition) is 2. The van der Waals surface area contributed by atoms with Crippen molar-refractivity contribution in [1.29, 1.82) is 0 Å². The van der Waals surface area contributed by atoms with Crippen molar-refractivity contribution in [3.05, 3.63) is 0 Å². The molecule has 0 bridgehead atoms. The molecule has 1 aliphatic carbocycles. The molecule has 0 saturated heterocycles. The SMILES string of the molecule is CC(C)(C)N(C1CCCCC1N(C(C)(C)C)C(C)(C)C)C(C)(C)C. The van der Waals surface area contributed by atoms with E-state index in [1.807, 2.05) is 0 Å². The van der Waals surface area contributed by atoms with Gasteiger partial charge in [0.25, 0.3) is 0 Å². The van der Waals surface area contributed by atoms with Gasteiger partial charge in [-0.1, -0.05) is 12.8 Å². The van der Waals surface area contributed by atoms with E-state index in [1.165, 1.54) is 25.7 Å². The van der Waals surface area contributed by atoms with E-state index >= 15 is 0 Å². The first kappa shape index (κ1) is 22.0. The molecule has 0 aliphatic heterocycles. The summed E-state index contributed by atoms with van der Waals surface area (Å²) in [5.41, 5.74) is 0.722. The molecular formula is C22H46N2. The zero-order valence-corrected chi connectivity index (χ0v) is 18.9. The molecule has 0 aromatic heterocycles. The Hall–Kier alpha value is -0.0800. The Kier molecular flexibility index (Phi) is 6.32. The van der Waals surface area contributed by atoms with Gasteiger partial charge in [-0.2, -0.15) is 0 Å². The van der Waals surface area contributed by atoms with Crippen molar-refractivity contribution in [2.24, 2.45) is 0 Å². The Balaban J connectivity index is 3.38. The van der Waals surface area contributed by atoms with Crippen molar-refractivity contribution in [2.75, 3.05) is 0 Å². The first-order chi connectivity index (χ1) is 10.5. The van der Waals surface area contributed by atoms with Crippen LogP contribution in [0.25, 0.3) is 0 Å². The molecule has 1 aliphatic rings. The molecule has 2 unspecified atom stereocenters. The molecule has 0 spiro atoms. The molecule has 1 fully saturated rings. The van der Waals surface area contributed by atoms with Gasteiger partial charge in [-0.15, -0.1) is 0 Å². The Morgan fingerprint density at radius 3 is 0.833 bits per heavy atom. The smallest absolute Gasteiger partial charge is 0.0262 e. The molecular weight excluding hydrogens is 292 g/mol. The molecule has 2 atom stereocenters. The van der Waals surface area contributed by atoms with E-state index in [0.29, 0.717) is 12.1 Å². The minimum atomic E-state index is 0.181. The lowest BCUT2D eigenvalue weighted by Crippen LogP contribution is -2.68. The van der Waals surface area contributed by atoms with Crippen LogP contribution >= 0.6 is 0 Å². The summed E-state index contributed by atoms with van der Waals surface area (Å²) >= 11 is 0. The van der Waals surface area contributed by atoms with Crippen LogP contribution in [0.4, 0.5) is 0 Å². The van der Waals surface area contributed by atoms with Crippen LogP contribution in [-0.4, -0.2) is 44.0 Å². The summed E-state index contributed by atoms with van der Waals surface area (Å²) in [6.45, 7) is 28.7. The number of rotatable bonds is 2. The van der Waals surface area contributed by atoms with E-state index in [2.05, 4.69) is 92.9 Å². The highest BCUT2D eigenvalue weighted by molar-refractivity contribution is 5.03. The van der Waals surface area contributed by atoms with Crippen molar-refractivity contribution in [1.82, 2.24) is 9.80 Å². The second kappa shape index (κ2) is 6.91. The third-order valence-corrected chi connectivity index (χ3v) is 5.25. The van der Waals surface area contributed by atoms with Crippen molar-refractivity contribution in [3.63, 3.8) is 0 Å². The van der Waals surface area contributed by atoms with Crippen molar-refractivity contribution < 1.29 is 0 Å². The standard InChI is InChI=1S/C22H46N2/c1-19(2,3)23(20(4,5)6)17-15-13-14-16-18(17)24(21(7,8)9)22(10,11)12/h17-18H,13-16H2,1-12H3. The molecule has 2 nitrogen and oxygen atoms in total. The zero-order valence-electron chi connectivity index (χ0n) is 18.9. The Morgan fingerprint density at radius 2 is 0.667 bits per heavy atom. The van der Waals surface area contributed by atoms with Crippen LogP contribution in [-0.2, 0) is 0 Å². The van der Waals surface area contributed by atoms with Crippen molar-refractivity contribution >= 4 is 0 Å². The predicted molar refractivity (Wildman–Crippen MR) is 109 cm³/mol. The van der Waals surface area contributed by atoms with Crippen molar-refractivity contribution in [3.8, 4) is 0 Å². The lowest BCUT2D eigenvalue weighted by Gasteiger charge is -2.59. The topological polar surface area (TPSA) is 6.48 Å².